The van der Waals surface area contributed by atoms with E-state index in [9.17, 15) is 18.0 Å². The van der Waals surface area contributed by atoms with Crippen LogP contribution in [0.4, 0.5) is 18.9 Å². The van der Waals surface area contributed by atoms with Gasteiger partial charge in [-0.15, -0.1) is 0 Å². The number of nitrogens with one attached hydrogen (secondary N) is 2. The van der Waals surface area contributed by atoms with Crippen LogP contribution in [-0.4, -0.2) is 11.0 Å². The van der Waals surface area contributed by atoms with Gasteiger partial charge in [-0.1, -0.05) is 29.8 Å². The maximum Gasteiger partial charge on any atom is 0.416 e. The van der Waals surface area contributed by atoms with E-state index in [1.807, 2.05) is 19.1 Å². The molecule has 9 heteroatoms. The molecule has 3 rings (SSSR count). The Morgan fingerprint density at radius 1 is 1.13 bits per heavy atom. The lowest BCUT2D eigenvalue weighted by atomic mass is 10.1. The zero-order valence-electron chi connectivity index (χ0n) is 16.1. The molecule has 0 radical (unpaired) electrons. The predicted octanol–water partition coefficient (Wildman–Crippen LogP) is 6.45. The number of amides is 1. The van der Waals surface area contributed by atoms with E-state index in [0.717, 1.165) is 23.3 Å². The molecule has 0 saturated carbocycles. The van der Waals surface area contributed by atoms with Crippen LogP contribution in [0.2, 0.25) is 5.02 Å². The van der Waals surface area contributed by atoms with Gasteiger partial charge in [-0.3, -0.25) is 10.1 Å². The number of rotatable bonds is 4. The number of carbonyl (C=O) groups is 1. The van der Waals surface area contributed by atoms with E-state index in [4.69, 9.17) is 28.2 Å². The van der Waals surface area contributed by atoms with Gasteiger partial charge < -0.3 is 9.73 Å². The Morgan fingerprint density at radius 3 is 2.61 bits per heavy atom. The quantitative estimate of drug-likeness (QED) is 0.344. The van der Waals surface area contributed by atoms with Gasteiger partial charge in [-0.2, -0.15) is 13.2 Å². The van der Waals surface area contributed by atoms with Crippen LogP contribution in [0.1, 0.15) is 16.9 Å². The number of furan rings is 1. The van der Waals surface area contributed by atoms with Gasteiger partial charge in [0.25, 0.3) is 0 Å². The highest BCUT2D eigenvalue weighted by atomic mass is 35.5. The monoisotopic (exact) mass is 464 g/mol. The van der Waals surface area contributed by atoms with Gasteiger partial charge in [-0.05, 0) is 67.2 Å². The van der Waals surface area contributed by atoms with E-state index < -0.39 is 17.6 Å². The maximum atomic E-state index is 12.8. The first-order valence-electron chi connectivity index (χ1n) is 8.95. The van der Waals surface area contributed by atoms with E-state index >= 15 is 0 Å². The molecule has 0 unspecified atom stereocenters. The van der Waals surface area contributed by atoms with Crippen LogP contribution in [-0.2, 0) is 11.0 Å². The van der Waals surface area contributed by atoms with Gasteiger partial charge >= 0.3 is 6.18 Å². The number of carbonyl (C=O) groups excluding carboxylic acids is 1. The highest BCUT2D eigenvalue weighted by molar-refractivity contribution is 7.80. The summed E-state index contributed by atoms with van der Waals surface area (Å²) in [5.74, 6) is 0.447. The van der Waals surface area contributed by atoms with Crippen molar-refractivity contribution in [3.05, 3.63) is 82.6 Å². The molecule has 2 aromatic carbocycles. The number of hydrogen-bond acceptors (Lipinski definition) is 3. The summed E-state index contributed by atoms with van der Waals surface area (Å²) in [5.41, 5.74) is 1.03. The average molecular weight is 465 g/mol. The summed E-state index contributed by atoms with van der Waals surface area (Å²) >= 11 is 11.1. The van der Waals surface area contributed by atoms with Gasteiger partial charge in [0.1, 0.15) is 11.5 Å². The number of aryl methyl sites for hydroxylation is 1. The Hall–Kier alpha value is -3.10. The molecule has 0 atom stereocenters. The third-order valence-electron chi connectivity index (χ3n) is 4.17. The molecule has 3 aromatic rings. The highest BCUT2D eigenvalue weighted by Crippen LogP contribution is 2.30. The Labute approximate surface area is 186 Å². The number of halogens is 4. The summed E-state index contributed by atoms with van der Waals surface area (Å²) in [6.45, 7) is 1.90. The minimum atomic E-state index is -4.48. The van der Waals surface area contributed by atoms with Crippen LogP contribution in [0.3, 0.4) is 0 Å². The SMILES string of the molecule is Cc1ccc(-c2ccc(/C=C/C(=O)NC(=S)Nc3cccc(C(F)(F)F)c3)o2)cc1Cl. The van der Waals surface area contributed by atoms with E-state index in [1.165, 1.54) is 24.3 Å². The lowest BCUT2D eigenvalue weighted by Crippen LogP contribution is -2.32. The largest absolute Gasteiger partial charge is 0.457 e. The third kappa shape index (κ3) is 6.19. The van der Waals surface area contributed by atoms with Crippen molar-refractivity contribution in [2.24, 2.45) is 0 Å². The molecule has 1 amide bonds. The Balaban J connectivity index is 1.59. The van der Waals surface area contributed by atoms with Crippen LogP contribution in [0.25, 0.3) is 17.4 Å². The van der Waals surface area contributed by atoms with Gasteiger partial charge in [0.2, 0.25) is 5.91 Å². The zero-order valence-corrected chi connectivity index (χ0v) is 17.7. The highest BCUT2D eigenvalue weighted by Gasteiger charge is 2.30. The fourth-order valence-corrected chi connectivity index (χ4v) is 2.99. The standard InChI is InChI=1S/C22H16ClF3N2O2S/c1-13-5-6-14(11-18(13)23)19-9-7-17(30-19)8-10-20(29)28-21(31)27-16-4-2-3-15(12-16)22(24,25)26/h2-12H,1H3,(H2,27,28,29,31)/b10-8+. The smallest absolute Gasteiger partial charge is 0.416 e. The molecule has 0 aliphatic rings. The number of benzene rings is 2. The van der Waals surface area contributed by atoms with Gasteiger partial charge in [0.05, 0.1) is 5.56 Å². The summed E-state index contributed by atoms with van der Waals surface area (Å²) in [6, 6.07) is 13.5. The first kappa shape index (κ1) is 22.6. The summed E-state index contributed by atoms with van der Waals surface area (Å²) in [6.07, 6.45) is -1.83. The van der Waals surface area contributed by atoms with Crippen molar-refractivity contribution in [1.29, 1.82) is 0 Å². The van der Waals surface area contributed by atoms with Gasteiger partial charge in [0.15, 0.2) is 5.11 Å². The number of thiocarbonyl (C=S) groups is 1. The molecule has 1 aromatic heterocycles. The number of alkyl halides is 3. The van der Waals surface area contributed by atoms with Gasteiger partial charge in [0, 0.05) is 22.3 Å². The summed E-state index contributed by atoms with van der Waals surface area (Å²) < 4.78 is 44.0. The molecular weight excluding hydrogens is 449 g/mol. The minimum Gasteiger partial charge on any atom is -0.457 e. The normalized spacial score (nSPS) is 11.5. The fraction of sp³-hybridized carbons (Fsp3) is 0.0909. The molecule has 0 aliphatic heterocycles. The van der Waals surface area contributed by atoms with E-state index in [-0.39, 0.29) is 10.8 Å². The van der Waals surface area contributed by atoms with Crippen LogP contribution in [0, 0.1) is 6.92 Å². The third-order valence-corrected chi connectivity index (χ3v) is 4.78. The van der Waals surface area contributed by atoms with Crippen LogP contribution in [0.15, 0.2) is 65.1 Å². The lowest BCUT2D eigenvalue weighted by Gasteiger charge is -2.11. The maximum absolute atomic E-state index is 12.8. The van der Waals surface area contributed by atoms with Crippen LogP contribution < -0.4 is 10.6 Å². The van der Waals surface area contributed by atoms with Crippen molar-refractivity contribution in [3.8, 4) is 11.3 Å². The van der Waals surface area contributed by atoms with Gasteiger partial charge in [-0.25, -0.2) is 0 Å². The van der Waals surface area contributed by atoms with E-state index in [1.54, 1.807) is 18.2 Å². The molecule has 0 fully saturated rings. The van der Waals surface area contributed by atoms with Crippen molar-refractivity contribution in [1.82, 2.24) is 5.32 Å². The molecule has 1 heterocycles. The first-order chi connectivity index (χ1) is 14.6. The van der Waals surface area contributed by atoms with Crippen molar-refractivity contribution in [2.75, 3.05) is 5.32 Å². The zero-order chi connectivity index (χ0) is 22.6. The molecule has 160 valence electrons. The molecule has 4 nitrogen and oxygen atoms in total. The average Bonchev–Trinajstić information content (AvgIpc) is 3.17. The van der Waals surface area contributed by atoms with Crippen LogP contribution >= 0.6 is 23.8 Å². The Bertz CT molecular complexity index is 1160. The second-order valence-corrected chi connectivity index (χ2v) is 7.34. The molecule has 31 heavy (non-hydrogen) atoms. The molecule has 2 N–H and O–H groups in total. The predicted molar refractivity (Wildman–Crippen MR) is 119 cm³/mol. The molecule has 0 aliphatic carbocycles. The van der Waals surface area contributed by atoms with Crippen LogP contribution in [0.5, 0.6) is 0 Å². The second kappa shape index (κ2) is 9.36. The summed E-state index contributed by atoms with van der Waals surface area (Å²) in [4.78, 5) is 12.0. The van der Waals surface area contributed by atoms with Crippen molar-refractivity contribution in [3.63, 3.8) is 0 Å². The Morgan fingerprint density at radius 2 is 1.90 bits per heavy atom. The lowest BCUT2D eigenvalue weighted by molar-refractivity contribution is -0.137. The molecule has 0 saturated heterocycles. The summed E-state index contributed by atoms with van der Waals surface area (Å²) in [7, 11) is 0. The molecule has 0 spiro atoms. The summed E-state index contributed by atoms with van der Waals surface area (Å²) in [5, 5.41) is 5.39. The van der Waals surface area contributed by atoms with E-state index in [0.29, 0.717) is 16.5 Å². The topological polar surface area (TPSA) is 54.3 Å². The van der Waals surface area contributed by atoms with Crippen molar-refractivity contribution < 1.29 is 22.4 Å². The first-order valence-corrected chi connectivity index (χ1v) is 9.74. The van der Waals surface area contributed by atoms with Crippen molar-refractivity contribution in [2.45, 2.75) is 13.1 Å². The van der Waals surface area contributed by atoms with Crippen molar-refractivity contribution >= 4 is 46.6 Å². The van der Waals surface area contributed by atoms with E-state index in [2.05, 4.69) is 10.6 Å². The second-order valence-electron chi connectivity index (χ2n) is 6.52. The molecule has 0 bridgehead atoms. The molecular formula is C22H16ClF3N2O2S. The number of anilines is 1. The Kier molecular flexibility index (Phi) is 6.82. The number of hydrogen-bond donors (Lipinski definition) is 2. The fourth-order valence-electron chi connectivity index (χ4n) is 2.59. The minimum absolute atomic E-state index is 0.108.